The van der Waals surface area contributed by atoms with Crippen LogP contribution in [0.4, 0.5) is 0 Å². The number of methoxy groups -OCH3 is 1. The largest absolute Gasteiger partial charge is 0.479 e. The van der Waals surface area contributed by atoms with Crippen molar-refractivity contribution >= 4 is 5.97 Å². The maximum Gasteiger partial charge on any atom is 0.336 e. The Morgan fingerprint density at radius 2 is 2.50 bits per heavy atom. The molecule has 0 aromatic heterocycles. The van der Waals surface area contributed by atoms with E-state index in [4.69, 9.17) is 5.11 Å². The number of ether oxygens (including phenoxy) is 1. The number of hydrogen-bond donors (Lipinski definition) is 1. The van der Waals surface area contributed by atoms with Crippen LogP contribution < -0.4 is 0 Å². The summed E-state index contributed by atoms with van der Waals surface area (Å²) >= 11 is 0. The number of carboxylic acids is 1. The SMILES string of the molecule is CO[CH]C(=O)O. The van der Waals surface area contributed by atoms with Crippen LogP contribution in [0.25, 0.3) is 0 Å². The van der Waals surface area contributed by atoms with E-state index in [1.165, 1.54) is 7.11 Å². The summed E-state index contributed by atoms with van der Waals surface area (Å²) in [5.41, 5.74) is 0. The van der Waals surface area contributed by atoms with Crippen LogP contribution in [0.1, 0.15) is 0 Å². The Morgan fingerprint density at radius 1 is 2.00 bits per heavy atom. The standard InChI is InChI=1S/C3H5O3/c1-6-2-3(4)5/h2H,1H3,(H,4,5). The van der Waals surface area contributed by atoms with Gasteiger partial charge in [0, 0.05) is 7.11 Å². The van der Waals surface area contributed by atoms with Crippen molar-refractivity contribution < 1.29 is 14.6 Å². The molecule has 0 rings (SSSR count). The molecule has 35 valence electrons. The molecular formula is C3H5O3. The zero-order valence-corrected chi connectivity index (χ0v) is 3.34. The van der Waals surface area contributed by atoms with E-state index in [9.17, 15) is 4.79 Å². The van der Waals surface area contributed by atoms with E-state index in [1.54, 1.807) is 0 Å². The van der Waals surface area contributed by atoms with E-state index >= 15 is 0 Å². The molecule has 0 spiro atoms. The number of hydrogen-bond acceptors (Lipinski definition) is 2. The minimum Gasteiger partial charge on any atom is -0.479 e. The van der Waals surface area contributed by atoms with Crippen LogP contribution in [0.5, 0.6) is 0 Å². The van der Waals surface area contributed by atoms with Crippen molar-refractivity contribution in [3.8, 4) is 0 Å². The molecule has 3 nitrogen and oxygen atoms in total. The first-order chi connectivity index (χ1) is 2.77. The van der Waals surface area contributed by atoms with Gasteiger partial charge in [0.25, 0.3) is 0 Å². The lowest BCUT2D eigenvalue weighted by molar-refractivity contribution is -0.136. The molecule has 0 bridgehead atoms. The third kappa shape index (κ3) is 3.43. The smallest absolute Gasteiger partial charge is 0.336 e. The van der Waals surface area contributed by atoms with Gasteiger partial charge in [-0.05, 0) is 0 Å². The zero-order chi connectivity index (χ0) is 4.99. The van der Waals surface area contributed by atoms with E-state index in [-0.39, 0.29) is 0 Å². The molecule has 0 aromatic rings. The second-order valence-corrected chi connectivity index (χ2v) is 0.692. The van der Waals surface area contributed by atoms with E-state index in [0.29, 0.717) is 6.61 Å². The van der Waals surface area contributed by atoms with Crippen molar-refractivity contribution in [2.75, 3.05) is 7.11 Å². The summed E-state index contributed by atoms with van der Waals surface area (Å²) in [6.45, 7) is 0.708. The molecule has 6 heavy (non-hydrogen) atoms. The van der Waals surface area contributed by atoms with Crippen molar-refractivity contribution in [1.29, 1.82) is 0 Å². The first kappa shape index (κ1) is 5.43. The van der Waals surface area contributed by atoms with Crippen molar-refractivity contribution in [2.24, 2.45) is 0 Å². The van der Waals surface area contributed by atoms with Crippen molar-refractivity contribution in [3.63, 3.8) is 0 Å². The fourth-order valence-corrected chi connectivity index (χ4v) is 0.101. The average molecular weight is 89.1 g/mol. The lowest BCUT2D eigenvalue weighted by atomic mass is 10.8. The molecule has 0 amide bonds. The molecule has 0 saturated heterocycles. The van der Waals surface area contributed by atoms with E-state index in [0.717, 1.165) is 0 Å². The zero-order valence-electron chi connectivity index (χ0n) is 3.34. The Balaban J connectivity index is 2.83. The molecule has 1 N–H and O–H groups in total. The molecule has 0 aliphatic carbocycles. The number of aliphatic carboxylic acids is 1. The molecular weight excluding hydrogens is 84.0 g/mol. The highest BCUT2D eigenvalue weighted by Gasteiger charge is 1.89. The summed E-state index contributed by atoms with van der Waals surface area (Å²) < 4.78 is 4.08. The summed E-state index contributed by atoms with van der Waals surface area (Å²) in [6.07, 6.45) is 0. The fourth-order valence-electron chi connectivity index (χ4n) is 0.101. The van der Waals surface area contributed by atoms with Crippen molar-refractivity contribution in [2.45, 2.75) is 0 Å². The highest BCUT2D eigenvalue weighted by atomic mass is 16.5. The van der Waals surface area contributed by atoms with Crippen LogP contribution >= 0.6 is 0 Å². The minimum absolute atomic E-state index is 0.708. The molecule has 0 atom stereocenters. The predicted molar refractivity (Wildman–Crippen MR) is 18.9 cm³/mol. The molecule has 0 heterocycles. The molecule has 3 heteroatoms. The van der Waals surface area contributed by atoms with Crippen LogP contribution in [0.15, 0.2) is 0 Å². The van der Waals surface area contributed by atoms with Gasteiger partial charge >= 0.3 is 5.97 Å². The van der Waals surface area contributed by atoms with E-state index < -0.39 is 5.97 Å². The summed E-state index contributed by atoms with van der Waals surface area (Å²) in [4.78, 5) is 9.42. The van der Waals surface area contributed by atoms with Crippen molar-refractivity contribution in [1.82, 2.24) is 0 Å². The summed E-state index contributed by atoms with van der Waals surface area (Å²) in [5, 5.41) is 7.73. The van der Waals surface area contributed by atoms with Gasteiger partial charge < -0.3 is 9.84 Å². The quantitative estimate of drug-likeness (QED) is 0.513. The fraction of sp³-hybridized carbons (Fsp3) is 0.333. The molecule has 1 radical (unpaired) electrons. The van der Waals surface area contributed by atoms with Gasteiger partial charge in [0.1, 0.15) is 0 Å². The summed E-state index contributed by atoms with van der Waals surface area (Å²) in [7, 11) is 1.29. The molecule has 0 unspecified atom stereocenters. The second kappa shape index (κ2) is 2.66. The van der Waals surface area contributed by atoms with Gasteiger partial charge in [0.05, 0.1) is 0 Å². The van der Waals surface area contributed by atoms with Gasteiger partial charge in [0.2, 0.25) is 0 Å². The first-order valence-corrected chi connectivity index (χ1v) is 1.36. The van der Waals surface area contributed by atoms with Gasteiger partial charge in [-0.25, -0.2) is 4.79 Å². The van der Waals surface area contributed by atoms with Gasteiger partial charge in [-0.2, -0.15) is 0 Å². The van der Waals surface area contributed by atoms with Crippen LogP contribution in [0.2, 0.25) is 0 Å². The number of carboxylic acid groups (broad SMARTS) is 1. The van der Waals surface area contributed by atoms with Crippen LogP contribution in [0, 0.1) is 6.61 Å². The number of rotatable bonds is 2. The lowest BCUT2D eigenvalue weighted by Crippen LogP contribution is -1.95. The van der Waals surface area contributed by atoms with E-state index in [2.05, 4.69) is 4.74 Å². The monoisotopic (exact) mass is 89.0 g/mol. The molecule has 0 aliphatic rings. The van der Waals surface area contributed by atoms with Gasteiger partial charge in [-0.15, -0.1) is 0 Å². The summed E-state index contributed by atoms with van der Waals surface area (Å²) in [6, 6.07) is 0. The highest BCUT2D eigenvalue weighted by Crippen LogP contribution is 1.71. The lowest BCUT2D eigenvalue weighted by Gasteiger charge is -1.82. The van der Waals surface area contributed by atoms with E-state index in [1.807, 2.05) is 0 Å². The third-order valence-electron chi connectivity index (χ3n) is 0.219. The van der Waals surface area contributed by atoms with Gasteiger partial charge in [-0.3, -0.25) is 0 Å². The minimum atomic E-state index is -1.06. The molecule has 0 aliphatic heterocycles. The molecule has 0 fully saturated rings. The Labute approximate surface area is 35.5 Å². The van der Waals surface area contributed by atoms with Crippen molar-refractivity contribution in [3.05, 3.63) is 6.61 Å². The van der Waals surface area contributed by atoms with Gasteiger partial charge in [-0.1, -0.05) is 0 Å². The maximum absolute atomic E-state index is 9.42. The predicted octanol–water partition coefficient (Wildman–Crippen LogP) is -0.121. The number of carbonyl (C=O) groups is 1. The Hall–Kier alpha value is -0.570. The molecule has 0 saturated carbocycles. The average Bonchev–Trinajstić information content (AvgIpc) is 1.35. The Bertz CT molecular complexity index is 50.0. The third-order valence-corrected chi connectivity index (χ3v) is 0.219. The molecule has 0 aromatic carbocycles. The van der Waals surface area contributed by atoms with Crippen LogP contribution in [0.3, 0.4) is 0 Å². The topological polar surface area (TPSA) is 46.5 Å². The second-order valence-electron chi connectivity index (χ2n) is 0.692. The first-order valence-electron chi connectivity index (χ1n) is 1.36. The van der Waals surface area contributed by atoms with Crippen LogP contribution in [-0.4, -0.2) is 18.2 Å². The van der Waals surface area contributed by atoms with Gasteiger partial charge in [0.15, 0.2) is 6.61 Å². The Morgan fingerprint density at radius 3 is 2.50 bits per heavy atom. The normalized spacial score (nSPS) is 8.17. The Kier molecular flexibility index (Phi) is 2.40. The summed E-state index contributed by atoms with van der Waals surface area (Å²) in [5.74, 6) is -1.06. The maximum atomic E-state index is 9.42. The van der Waals surface area contributed by atoms with Crippen LogP contribution in [-0.2, 0) is 9.53 Å². The highest BCUT2D eigenvalue weighted by molar-refractivity contribution is 5.74.